The summed E-state index contributed by atoms with van der Waals surface area (Å²) in [4.78, 5) is 36.8. The number of carbonyl (C=O) groups is 3. The van der Waals surface area contributed by atoms with Gasteiger partial charge in [-0.25, -0.2) is 4.79 Å². The van der Waals surface area contributed by atoms with Gasteiger partial charge in [-0.15, -0.1) is 10.2 Å². The molecular weight excluding hydrogens is 382 g/mol. The Kier molecular flexibility index (Phi) is 5.85. The van der Waals surface area contributed by atoms with E-state index in [-0.39, 0.29) is 11.7 Å². The van der Waals surface area contributed by atoms with Crippen LogP contribution in [-0.4, -0.2) is 50.1 Å². The van der Waals surface area contributed by atoms with Gasteiger partial charge in [0.1, 0.15) is 5.54 Å². The van der Waals surface area contributed by atoms with Gasteiger partial charge in [-0.2, -0.15) is 5.01 Å². The molecule has 2 N–H and O–H groups in total. The minimum absolute atomic E-state index is 0.0650. The van der Waals surface area contributed by atoms with E-state index in [1.807, 2.05) is 6.92 Å². The molecule has 1 aromatic rings. The molecule has 1 saturated heterocycles. The van der Waals surface area contributed by atoms with Gasteiger partial charge in [0.2, 0.25) is 5.91 Å². The Morgan fingerprint density at radius 2 is 1.92 bits per heavy atom. The van der Waals surface area contributed by atoms with Crippen LogP contribution >= 0.6 is 34.9 Å². The lowest BCUT2D eigenvalue weighted by Crippen LogP contribution is -2.51. The van der Waals surface area contributed by atoms with Gasteiger partial charge in [0, 0.05) is 0 Å². The van der Waals surface area contributed by atoms with Crippen LogP contribution in [-0.2, 0) is 9.59 Å². The zero-order valence-corrected chi connectivity index (χ0v) is 16.2. The van der Waals surface area contributed by atoms with E-state index in [1.165, 1.54) is 23.1 Å². The van der Waals surface area contributed by atoms with Crippen LogP contribution in [0.15, 0.2) is 8.68 Å². The molecule has 0 bridgehead atoms. The highest BCUT2D eigenvalue weighted by Gasteiger charge is 2.52. The van der Waals surface area contributed by atoms with Crippen molar-refractivity contribution < 1.29 is 14.4 Å². The molecule has 2 aliphatic rings. The first-order valence-corrected chi connectivity index (χ1v) is 10.9. The molecule has 3 rings (SSSR count). The predicted molar refractivity (Wildman–Crippen MR) is 96.4 cm³/mol. The maximum Gasteiger partial charge on any atom is 0.344 e. The Balaban J connectivity index is 1.53. The van der Waals surface area contributed by atoms with Crippen LogP contribution in [0.2, 0.25) is 0 Å². The lowest BCUT2D eigenvalue weighted by molar-refractivity contribution is -0.139. The molecule has 2 heterocycles. The van der Waals surface area contributed by atoms with E-state index in [4.69, 9.17) is 0 Å². The number of nitrogens with zero attached hydrogens (tertiary/aromatic N) is 3. The quantitative estimate of drug-likeness (QED) is 0.555. The molecule has 25 heavy (non-hydrogen) atoms. The molecule has 11 heteroatoms. The normalized spacial score (nSPS) is 19.3. The fraction of sp³-hybridized carbons (Fsp3) is 0.643. The van der Waals surface area contributed by atoms with Gasteiger partial charge in [0.15, 0.2) is 8.68 Å². The van der Waals surface area contributed by atoms with Crippen LogP contribution in [0.5, 0.6) is 0 Å². The molecule has 1 spiro atoms. The zero-order valence-electron chi connectivity index (χ0n) is 13.7. The fourth-order valence-electron chi connectivity index (χ4n) is 2.94. The third kappa shape index (κ3) is 4.09. The minimum Gasteiger partial charge on any atom is -0.322 e. The molecule has 2 fully saturated rings. The monoisotopic (exact) mass is 401 g/mol. The van der Waals surface area contributed by atoms with Crippen LogP contribution in [0.25, 0.3) is 0 Å². The second-order valence-corrected chi connectivity index (χ2v) is 9.52. The van der Waals surface area contributed by atoms with Gasteiger partial charge in [-0.1, -0.05) is 61.0 Å². The van der Waals surface area contributed by atoms with Crippen LogP contribution in [0.1, 0.15) is 39.0 Å². The lowest BCUT2D eigenvalue weighted by atomic mass is 9.82. The highest BCUT2D eigenvalue weighted by Crippen LogP contribution is 2.33. The van der Waals surface area contributed by atoms with E-state index in [9.17, 15) is 14.4 Å². The summed E-state index contributed by atoms with van der Waals surface area (Å²) in [5, 5.41) is 11.6. The number of hydrogen-bond acceptors (Lipinski definition) is 8. The SMILES string of the molecule is CCSc1nnc(SCC(=O)NN2C(=O)NC3(CCCCC3)C2=O)s1. The first-order valence-electron chi connectivity index (χ1n) is 8.09. The number of aromatic nitrogens is 2. The first-order chi connectivity index (χ1) is 12.0. The van der Waals surface area contributed by atoms with Gasteiger partial charge in [0.25, 0.3) is 5.91 Å². The molecule has 0 radical (unpaired) electrons. The number of thioether (sulfide) groups is 2. The summed E-state index contributed by atoms with van der Waals surface area (Å²) in [5.41, 5.74) is 1.58. The van der Waals surface area contributed by atoms with Crippen molar-refractivity contribution in [1.82, 2.24) is 25.9 Å². The van der Waals surface area contributed by atoms with E-state index in [1.54, 1.807) is 11.8 Å². The minimum atomic E-state index is -0.832. The van der Waals surface area contributed by atoms with Crippen LogP contribution in [0, 0.1) is 0 Å². The second-order valence-electron chi connectivity index (χ2n) is 5.80. The molecule has 136 valence electrons. The fourth-order valence-corrected chi connectivity index (χ4v) is 5.65. The van der Waals surface area contributed by atoms with Gasteiger partial charge in [-0.05, 0) is 18.6 Å². The largest absolute Gasteiger partial charge is 0.344 e. The smallest absolute Gasteiger partial charge is 0.322 e. The predicted octanol–water partition coefficient (Wildman–Crippen LogP) is 2.03. The molecule has 1 aromatic heterocycles. The van der Waals surface area contributed by atoms with Crippen molar-refractivity contribution in [2.75, 3.05) is 11.5 Å². The average Bonchev–Trinajstić information content (AvgIpc) is 3.13. The number of hydrazine groups is 1. The molecule has 1 saturated carbocycles. The third-order valence-corrected chi connectivity index (χ3v) is 7.16. The number of carbonyl (C=O) groups excluding carboxylic acids is 3. The van der Waals surface area contributed by atoms with E-state index in [0.29, 0.717) is 17.2 Å². The summed E-state index contributed by atoms with van der Waals surface area (Å²) in [6, 6.07) is -0.553. The number of nitrogens with one attached hydrogen (secondary N) is 2. The number of amides is 4. The maximum atomic E-state index is 12.6. The highest BCUT2D eigenvalue weighted by molar-refractivity contribution is 8.03. The number of imide groups is 1. The van der Waals surface area contributed by atoms with Crippen molar-refractivity contribution in [3.8, 4) is 0 Å². The van der Waals surface area contributed by atoms with Crippen molar-refractivity contribution in [2.45, 2.75) is 53.2 Å². The summed E-state index contributed by atoms with van der Waals surface area (Å²) >= 11 is 4.26. The van der Waals surface area contributed by atoms with Gasteiger partial charge in [0.05, 0.1) is 5.75 Å². The molecule has 0 aromatic carbocycles. The van der Waals surface area contributed by atoms with Crippen LogP contribution in [0.3, 0.4) is 0 Å². The second kappa shape index (κ2) is 7.92. The molecule has 1 aliphatic heterocycles. The van der Waals surface area contributed by atoms with Crippen molar-refractivity contribution in [1.29, 1.82) is 0 Å². The van der Waals surface area contributed by atoms with Crippen molar-refractivity contribution in [2.24, 2.45) is 0 Å². The van der Waals surface area contributed by atoms with Crippen LogP contribution < -0.4 is 10.7 Å². The molecule has 8 nitrogen and oxygen atoms in total. The number of hydrogen-bond donors (Lipinski definition) is 2. The molecule has 1 aliphatic carbocycles. The summed E-state index contributed by atoms with van der Waals surface area (Å²) < 4.78 is 1.55. The number of rotatable bonds is 6. The van der Waals surface area contributed by atoms with E-state index < -0.39 is 17.5 Å². The van der Waals surface area contributed by atoms with Gasteiger partial charge < -0.3 is 5.32 Å². The van der Waals surface area contributed by atoms with Crippen molar-refractivity contribution in [3.63, 3.8) is 0 Å². The topological polar surface area (TPSA) is 104 Å². The van der Waals surface area contributed by atoms with Gasteiger partial charge in [-0.3, -0.25) is 15.0 Å². The van der Waals surface area contributed by atoms with Crippen molar-refractivity contribution in [3.05, 3.63) is 0 Å². The van der Waals surface area contributed by atoms with Gasteiger partial charge >= 0.3 is 6.03 Å². The Labute approximate surface area is 157 Å². The first kappa shape index (κ1) is 18.5. The summed E-state index contributed by atoms with van der Waals surface area (Å²) in [6.45, 7) is 2.03. The molecular formula is C14H19N5O3S3. The summed E-state index contributed by atoms with van der Waals surface area (Å²) in [7, 11) is 0. The van der Waals surface area contributed by atoms with Crippen LogP contribution in [0.4, 0.5) is 4.79 Å². The highest BCUT2D eigenvalue weighted by atomic mass is 32.2. The van der Waals surface area contributed by atoms with E-state index in [2.05, 4.69) is 20.9 Å². The summed E-state index contributed by atoms with van der Waals surface area (Å²) in [6.07, 6.45) is 4.12. The average molecular weight is 402 g/mol. The Morgan fingerprint density at radius 1 is 1.24 bits per heavy atom. The molecule has 0 atom stereocenters. The van der Waals surface area contributed by atoms with E-state index in [0.717, 1.165) is 34.4 Å². The lowest BCUT2D eigenvalue weighted by Gasteiger charge is -2.30. The Morgan fingerprint density at radius 3 is 2.60 bits per heavy atom. The standard InChI is InChI=1S/C14H19N5O3S3/c1-2-23-12-16-17-13(25-12)24-8-9(20)18-19-10(21)14(15-11(19)22)6-4-3-5-7-14/h2-8H2,1H3,(H,15,22)(H,18,20). The molecule has 4 amide bonds. The number of urea groups is 1. The molecule has 0 unspecified atom stereocenters. The van der Waals surface area contributed by atoms with Crippen molar-refractivity contribution >= 4 is 52.7 Å². The maximum absolute atomic E-state index is 12.6. The van der Waals surface area contributed by atoms with E-state index >= 15 is 0 Å². The zero-order chi connectivity index (χ0) is 17.9. The summed E-state index contributed by atoms with van der Waals surface area (Å²) in [5.74, 6) is 0.206. The third-order valence-electron chi connectivity index (χ3n) is 4.09. The Bertz CT molecular complexity index is 674. The Hall–Kier alpha value is -1.33.